The van der Waals surface area contributed by atoms with Crippen molar-refractivity contribution in [1.29, 1.82) is 0 Å². The average Bonchev–Trinajstić information content (AvgIpc) is 2.89. The molecule has 0 amide bonds. The molecule has 136 valence electrons. The van der Waals surface area contributed by atoms with Gasteiger partial charge in [0.25, 0.3) is 0 Å². The van der Waals surface area contributed by atoms with Crippen LogP contribution < -0.4 is 5.32 Å². The van der Waals surface area contributed by atoms with Crippen molar-refractivity contribution in [3.63, 3.8) is 0 Å². The first-order chi connectivity index (χ1) is 12.7. The van der Waals surface area contributed by atoms with Crippen LogP contribution in [0.1, 0.15) is 55.8 Å². The number of hydrogen-bond acceptors (Lipinski definition) is 3. The van der Waals surface area contributed by atoms with Crippen LogP contribution in [0.3, 0.4) is 0 Å². The highest BCUT2D eigenvalue weighted by Gasteiger charge is 2.20. The van der Waals surface area contributed by atoms with E-state index in [1.165, 1.54) is 38.5 Å². The summed E-state index contributed by atoms with van der Waals surface area (Å²) in [6.45, 7) is 0.594. The molecule has 4 nitrogen and oxygen atoms in total. The molecule has 2 heterocycles. The van der Waals surface area contributed by atoms with Crippen molar-refractivity contribution in [2.24, 2.45) is 0 Å². The third-order valence-electron chi connectivity index (χ3n) is 5.18. The minimum Gasteiger partial charge on any atom is -0.378 e. The van der Waals surface area contributed by atoms with Gasteiger partial charge < -0.3 is 5.32 Å². The second-order valence-corrected chi connectivity index (χ2v) is 7.74. The van der Waals surface area contributed by atoms with Crippen molar-refractivity contribution in [2.75, 3.05) is 5.32 Å². The lowest BCUT2D eigenvalue weighted by Gasteiger charge is -2.13. The third kappa shape index (κ3) is 3.53. The Morgan fingerprint density at radius 3 is 2.42 bits per heavy atom. The summed E-state index contributed by atoms with van der Waals surface area (Å²) >= 11 is 12.5. The highest BCUT2D eigenvalue weighted by molar-refractivity contribution is 6.39. The molecular weight excluding hydrogens is 367 g/mol. The van der Waals surface area contributed by atoms with Gasteiger partial charge in [-0.1, -0.05) is 61.0 Å². The van der Waals surface area contributed by atoms with Gasteiger partial charge >= 0.3 is 0 Å². The highest BCUT2D eigenvalue weighted by Crippen LogP contribution is 2.32. The Labute approximate surface area is 163 Å². The van der Waals surface area contributed by atoms with Crippen molar-refractivity contribution >= 4 is 34.5 Å². The smallest absolute Gasteiger partial charge is 0.165 e. The lowest BCUT2D eigenvalue weighted by Crippen LogP contribution is -2.06. The van der Waals surface area contributed by atoms with E-state index in [1.54, 1.807) is 0 Å². The first kappa shape index (κ1) is 17.6. The van der Waals surface area contributed by atoms with Crippen LogP contribution in [-0.4, -0.2) is 14.6 Å². The Kier molecular flexibility index (Phi) is 5.32. The molecule has 0 spiro atoms. The first-order valence-corrected chi connectivity index (χ1v) is 10.00. The van der Waals surface area contributed by atoms with E-state index in [9.17, 15) is 0 Å². The summed E-state index contributed by atoms with van der Waals surface area (Å²) in [6, 6.07) is 9.63. The molecule has 1 aromatic carbocycles. The van der Waals surface area contributed by atoms with Crippen LogP contribution in [0, 0.1) is 0 Å². The Balaban J connectivity index is 1.60. The van der Waals surface area contributed by atoms with Crippen LogP contribution in [0.5, 0.6) is 0 Å². The number of halogens is 2. The van der Waals surface area contributed by atoms with Crippen LogP contribution in [0.4, 0.5) is 5.69 Å². The van der Waals surface area contributed by atoms with Gasteiger partial charge in [-0.25, -0.2) is 0 Å². The summed E-state index contributed by atoms with van der Waals surface area (Å²) in [5.41, 5.74) is 2.74. The molecule has 6 heteroatoms. The molecule has 1 saturated carbocycles. The van der Waals surface area contributed by atoms with Gasteiger partial charge in [0, 0.05) is 24.2 Å². The highest BCUT2D eigenvalue weighted by atomic mass is 35.5. The summed E-state index contributed by atoms with van der Waals surface area (Å²) in [4.78, 5) is 0. The van der Waals surface area contributed by atoms with Crippen LogP contribution in [-0.2, 0) is 6.54 Å². The Morgan fingerprint density at radius 1 is 0.962 bits per heavy atom. The van der Waals surface area contributed by atoms with Gasteiger partial charge in [-0.15, -0.1) is 10.2 Å². The number of para-hydroxylation sites is 1. The Bertz CT molecular complexity index is 878. The molecule has 0 atom stereocenters. The molecule has 0 bridgehead atoms. The molecule has 1 aliphatic carbocycles. The summed E-state index contributed by atoms with van der Waals surface area (Å²) < 4.78 is 2.15. The quantitative estimate of drug-likeness (QED) is 0.550. The van der Waals surface area contributed by atoms with E-state index in [1.807, 2.05) is 18.2 Å². The average molecular weight is 389 g/mol. The van der Waals surface area contributed by atoms with E-state index in [4.69, 9.17) is 23.2 Å². The third-order valence-corrected chi connectivity index (χ3v) is 5.81. The fourth-order valence-corrected chi connectivity index (χ4v) is 4.32. The standard InChI is InChI=1S/C20H22Cl2N4/c21-16-10-5-11-17(22)18(16)23-13-15-9-6-12-26-19(24-25-20(15)26)14-7-3-1-2-4-8-14/h5-6,9-12,14,23H,1-4,7-8,13H2. The normalized spacial score (nSPS) is 15.9. The van der Waals surface area contributed by atoms with Crippen LogP contribution in [0.25, 0.3) is 5.65 Å². The number of nitrogens with zero attached hydrogens (tertiary/aromatic N) is 3. The van der Waals surface area contributed by atoms with Crippen LogP contribution in [0.2, 0.25) is 10.0 Å². The van der Waals surface area contributed by atoms with E-state index in [0.717, 1.165) is 22.7 Å². The van der Waals surface area contributed by atoms with E-state index in [0.29, 0.717) is 22.5 Å². The lowest BCUT2D eigenvalue weighted by atomic mass is 9.99. The predicted molar refractivity (Wildman–Crippen MR) is 107 cm³/mol. The van der Waals surface area contributed by atoms with Crippen molar-refractivity contribution in [3.05, 3.63) is 58.0 Å². The topological polar surface area (TPSA) is 42.2 Å². The molecule has 1 N–H and O–H groups in total. The number of nitrogens with one attached hydrogen (secondary N) is 1. The maximum absolute atomic E-state index is 6.25. The molecule has 3 aromatic rings. The summed E-state index contributed by atoms with van der Waals surface area (Å²) in [6.07, 6.45) is 9.72. The van der Waals surface area contributed by atoms with Gasteiger partial charge in [0.05, 0.1) is 15.7 Å². The van der Waals surface area contributed by atoms with Gasteiger partial charge in [0.15, 0.2) is 5.65 Å². The summed E-state index contributed by atoms with van der Waals surface area (Å²) in [5.74, 6) is 1.60. The Hall–Kier alpha value is -1.78. The predicted octanol–water partition coefficient (Wildman–Crippen LogP) is 6.09. The second kappa shape index (κ2) is 7.85. The molecule has 1 fully saturated rings. The molecular formula is C20H22Cl2N4. The molecule has 4 rings (SSSR count). The number of benzene rings is 1. The zero-order valence-corrected chi connectivity index (χ0v) is 16.1. The van der Waals surface area contributed by atoms with Crippen LogP contribution in [0.15, 0.2) is 36.5 Å². The van der Waals surface area contributed by atoms with Crippen molar-refractivity contribution in [1.82, 2.24) is 14.6 Å². The maximum Gasteiger partial charge on any atom is 0.165 e. The van der Waals surface area contributed by atoms with Crippen LogP contribution >= 0.6 is 23.2 Å². The zero-order chi connectivity index (χ0) is 17.9. The minimum atomic E-state index is 0.508. The number of aromatic nitrogens is 3. The van der Waals surface area contributed by atoms with E-state index in [-0.39, 0.29) is 0 Å². The van der Waals surface area contributed by atoms with Gasteiger partial charge in [0.2, 0.25) is 0 Å². The van der Waals surface area contributed by atoms with E-state index in [2.05, 4.69) is 38.2 Å². The zero-order valence-electron chi connectivity index (χ0n) is 14.6. The molecule has 26 heavy (non-hydrogen) atoms. The number of hydrogen-bond donors (Lipinski definition) is 1. The Morgan fingerprint density at radius 2 is 1.69 bits per heavy atom. The van der Waals surface area contributed by atoms with Crippen molar-refractivity contribution in [3.8, 4) is 0 Å². The number of rotatable bonds is 4. The summed E-state index contributed by atoms with van der Waals surface area (Å²) in [5, 5.41) is 13.6. The molecule has 0 saturated heterocycles. The van der Waals surface area contributed by atoms with E-state index < -0.39 is 0 Å². The second-order valence-electron chi connectivity index (χ2n) is 6.92. The van der Waals surface area contributed by atoms with Crippen molar-refractivity contribution < 1.29 is 0 Å². The first-order valence-electron chi connectivity index (χ1n) is 9.24. The van der Waals surface area contributed by atoms with E-state index >= 15 is 0 Å². The monoisotopic (exact) mass is 388 g/mol. The maximum atomic E-state index is 6.25. The molecule has 0 unspecified atom stereocenters. The molecule has 0 radical (unpaired) electrons. The minimum absolute atomic E-state index is 0.508. The number of pyridine rings is 1. The van der Waals surface area contributed by atoms with Gasteiger partial charge in [-0.3, -0.25) is 4.40 Å². The molecule has 0 aliphatic heterocycles. The summed E-state index contributed by atoms with van der Waals surface area (Å²) in [7, 11) is 0. The van der Waals surface area contributed by atoms with Crippen molar-refractivity contribution in [2.45, 2.75) is 51.0 Å². The number of fused-ring (bicyclic) bond motifs is 1. The van der Waals surface area contributed by atoms with Gasteiger partial charge in [-0.05, 0) is 31.0 Å². The number of anilines is 1. The SMILES string of the molecule is Clc1cccc(Cl)c1NCc1cccn2c(C3CCCCCC3)nnc12. The fraction of sp³-hybridized carbons (Fsp3) is 0.400. The van der Waals surface area contributed by atoms with Gasteiger partial charge in [0.1, 0.15) is 5.82 Å². The molecule has 1 aliphatic rings. The van der Waals surface area contributed by atoms with Gasteiger partial charge in [-0.2, -0.15) is 0 Å². The largest absolute Gasteiger partial charge is 0.378 e. The fourth-order valence-electron chi connectivity index (χ4n) is 3.79. The lowest BCUT2D eigenvalue weighted by molar-refractivity contribution is 0.555. The molecule has 2 aromatic heterocycles.